The van der Waals surface area contributed by atoms with Crippen LogP contribution in [-0.4, -0.2) is 16.7 Å². The third-order valence-corrected chi connectivity index (χ3v) is 4.48. The number of carbonyl (C=O) groups is 1. The van der Waals surface area contributed by atoms with Crippen molar-refractivity contribution >= 4 is 33.7 Å². The van der Waals surface area contributed by atoms with Crippen LogP contribution in [0.3, 0.4) is 0 Å². The minimum absolute atomic E-state index is 0.163. The van der Waals surface area contributed by atoms with E-state index in [1.807, 2.05) is 49.4 Å². The van der Waals surface area contributed by atoms with Crippen molar-refractivity contribution in [1.29, 1.82) is 0 Å². The van der Waals surface area contributed by atoms with Crippen molar-refractivity contribution in [2.75, 3.05) is 5.75 Å². The van der Waals surface area contributed by atoms with Gasteiger partial charge in [-0.15, -0.1) is 11.8 Å². The molecule has 1 atom stereocenters. The molecule has 0 bridgehead atoms. The Kier molecular flexibility index (Phi) is 6.26. The summed E-state index contributed by atoms with van der Waals surface area (Å²) in [6.07, 6.45) is 1.75. The van der Waals surface area contributed by atoms with Crippen molar-refractivity contribution in [3.05, 3.63) is 58.7 Å². The molecule has 110 valence electrons. The van der Waals surface area contributed by atoms with E-state index in [4.69, 9.17) is 4.74 Å². The Labute approximate surface area is 137 Å². The minimum atomic E-state index is -0.177. The van der Waals surface area contributed by atoms with E-state index in [-0.39, 0.29) is 11.9 Å². The third kappa shape index (κ3) is 5.52. The fraction of sp³-hybridized carbons (Fsp3) is 0.250. The molecule has 5 heteroatoms. The number of thioether (sulfide) groups is 1. The fourth-order valence-electron chi connectivity index (χ4n) is 1.60. The van der Waals surface area contributed by atoms with E-state index >= 15 is 0 Å². The Morgan fingerprint density at radius 3 is 2.71 bits per heavy atom. The number of aromatic nitrogens is 1. The van der Waals surface area contributed by atoms with Crippen molar-refractivity contribution in [3.63, 3.8) is 0 Å². The first kappa shape index (κ1) is 16.0. The van der Waals surface area contributed by atoms with Crippen LogP contribution >= 0.6 is 27.7 Å². The highest BCUT2D eigenvalue weighted by Gasteiger charge is 2.15. The van der Waals surface area contributed by atoms with Crippen molar-refractivity contribution in [2.45, 2.75) is 18.6 Å². The largest absolute Gasteiger partial charge is 0.461 e. The molecule has 1 aromatic carbocycles. The number of pyridine rings is 1. The van der Waals surface area contributed by atoms with Crippen LogP contribution in [0.25, 0.3) is 0 Å². The van der Waals surface area contributed by atoms with Gasteiger partial charge in [-0.3, -0.25) is 4.79 Å². The summed E-state index contributed by atoms with van der Waals surface area (Å²) in [7, 11) is 0. The molecule has 0 saturated carbocycles. The molecule has 3 nitrogen and oxygen atoms in total. The van der Waals surface area contributed by atoms with Crippen LogP contribution in [0.5, 0.6) is 0 Å². The van der Waals surface area contributed by atoms with E-state index in [9.17, 15) is 4.79 Å². The minimum Gasteiger partial charge on any atom is -0.461 e. The predicted octanol–water partition coefficient (Wildman–Crippen LogP) is 4.32. The summed E-state index contributed by atoms with van der Waals surface area (Å²) in [5, 5.41) is 0.904. The molecule has 0 N–H and O–H groups in total. The van der Waals surface area contributed by atoms with Crippen LogP contribution in [0.15, 0.2) is 58.2 Å². The van der Waals surface area contributed by atoms with Gasteiger partial charge in [-0.05, 0) is 33.6 Å². The maximum Gasteiger partial charge on any atom is 0.309 e. The molecule has 1 aromatic heterocycles. The zero-order valence-corrected chi connectivity index (χ0v) is 14.1. The van der Waals surface area contributed by atoms with Crippen molar-refractivity contribution < 1.29 is 9.53 Å². The van der Waals surface area contributed by atoms with Crippen LogP contribution in [0.2, 0.25) is 0 Å². The molecule has 21 heavy (non-hydrogen) atoms. The molecule has 2 aromatic rings. The molecule has 0 aliphatic carbocycles. The first-order chi connectivity index (χ1) is 10.1. The zero-order chi connectivity index (χ0) is 15.1. The Balaban J connectivity index is 1.76. The molecule has 0 fully saturated rings. The molecular formula is C16H16BrNO2S. The maximum absolute atomic E-state index is 11.9. The van der Waals surface area contributed by atoms with E-state index in [0.29, 0.717) is 12.4 Å². The van der Waals surface area contributed by atoms with E-state index in [1.54, 1.807) is 18.0 Å². The lowest BCUT2D eigenvalue weighted by molar-refractivity contribution is -0.148. The summed E-state index contributed by atoms with van der Waals surface area (Å²) in [5.41, 5.74) is 1.00. The molecular weight excluding hydrogens is 350 g/mol. The smallest absolute Gasteiger partial charge is 0.309 e. The molecule has 0 amide bonds. The number of hydrogen-bond donors (Lipinski definition) is 0. The van der Waals surface area contributed by atoms with Crippen molar-refractivity contribution in [2.24, 2.45) is 5.92 Å². The molecule has 1 unspecified atom stereocenters. The number of nitrogens with zero attached hydrogens (tertiary/aromatic N) is 1. The second-order valence-electron chi connectivity index (χ2n) is 4.62. The van der Waals surface area contributed by atoms with E-state index < -0.39 is 0 Å². The van der Waals surface area contributed by atoms with Gasteiger partial charge < -0.3 is 4.74 Å². The van der Waals surface area contributed by atoms with Crippen LogP contribution < -0.4 is 0 Å². The lowest BCUT2D eigenvalue weighted by atomic mass is 10.2. The van der Waals surface area contributed by atoms with Crippen LogP contribution in [0.4, 0.5) is 0 Å². The lowest BCUT2D eigenvalue weighted by Crippen LogP contribution is -2.16. The van der Waals surface area contributed by atoms with Gasteiger partial charge in [-0.2, -0.15) is 0 Å². The SMILES string of the molecule is CC(CSc1ccc(Br)cn1)C(=O)OCc1ccccc1. The highest BCUT2D eigenvalue weighted by atomic mass is 79.9. The number of hydrogen-bond acceptors (Lipinski definition) is 4. The van der Waals surface area contributed by atoms with Gasteiger partial charge in [0.25, 0.3) is 0 Å². The van der Waals surface area contributed by atoms with Crippen LogP contribution in [0.1, 0.15) is 12.5 Å². The zero-order valence-electron chi connectivity index (χ0n) is 11.7. The monoisotopic (exact) mass is 365 g/mol. The number of benzene rings is 1. The van der Waals surface area contributed by atoms with Gasteiger partial charge in [0.2, 0.25) is 0 Å². The summed E-state index contributed by atoms with van der Waals surface area (Å²) in [6.45, 7) is 2.20. The average molecular weight is 366 g/mol. The van der Waals surface area contributed by atoms with Gasteiger partial charge in [-0.1, -0.05) is 37.3 Å². The molecule has 0 saturated heterocycles. The van der Waals surface area contributed by atoms with Gasteiger partial charge in [0, 0.05) is 16.4 Å². The summed E-state index contributed by atoms with van der Waals surface area (Å²) in [6, 6.07) is 13.6. The molecule has 0 aliphatic heterocycles. The summed E-state index contributed by atoms with van der Waals surface area (Å²) >= 11 is 4.90. The molecule has 2 rings (SSSR count). The summed E-state index contributed by atoms with van der Waals surface area (Å²) < 4.78 is 6.26. The molecule has 1 heterocycles. The molecule has 0 aliphatic rings. The Morgan fingerprint density at radius 1 is 1.29 bits per heavy atom. The topological polar surface area (TPSA) is 39.2 Å². The lowest BCUT2D eigenvalue weighted by Gasteiger charge is -2.11. The van der Waals surface area contributed by atoms with Crippen LogP contribution in [-0.2, 0) is 16.1 Å². The molecule has 0 radical (unpaired) electrons. The summed E-state index contributed by atoms with van der Waals surface area (Å²) in [4.78, 5) is 16.2. The number of rotatable bonds is 6. The predicted molar refractivity (Wildman–Crippen MR) is 88.1 cm³/mol. The Hall–Kier alpha value is -1.33. The van der Waals surface area contributed by atoms with E-state index in [1.165, 1.54) is 0 Å². The normalized spacial score (nSPS) is 11.9. The molecule has 0 spiro atoms. The number of ether oxygens (including phenoxy) is 1. The van der Waals surface area contributed by atoms with Crippen molar-refractivity contribution in [3.8, 4) is 0 Å². The van der Waals surface area contributed by atoms with Gasteiger partial charge in [0.15, 0.2) is 0 Å². The summed E-state index contributed by atoms with van der Waals surface area (Å²) in [5.74, 6) is 0.315. The number of halogens is 1. The van der Waals surface area contributed by atoms with Gasteiger partial charge >= 0.3 is 5.97 Å². The van der Waals surface area contributed by atoms with Gasteiger partial charge in [-0.25, -0.2) is 4.98 Å². The number of esters is 1. The highest BCUT2D eigenvalue weighted by molar-refractivity contribution is 9.10. The van der Waals surface area contributed by atoms with Crippen LogP contribution in [0, 0.1) is 5.92 Å². The van der Waals surface area contributed by atoms with Crippen molar-refractivity contribution in [1.82, 2.24) is 4.98 Å². The first-order valence-corrected chi connectivity index (χ1v) is 8.38. The number of carbonyl (C=O) groups excluding carboxylic acids is 1. The van der Waals surface area contributed by atoms with Gasteiger partial charge in [0.05, 0.1) is 10.9 Å². The quantitative estimate of drug-likeness (QED) is 0.564. The fourth-order valence-corrected chi connectivity index (χ4v) is 2.68. The standard InChI is InChI=1S/C16H16BrNO2S/c1-12(11-21-15-8-7-14(17)9-18-15)16(19)20-10-13-5-3-2-4-6-13/h2-9,12H,10-11H2,1H3. The van der Waals surface area contributed by atoms with E-state index in [2.05, 4.69) is 20.9 Å². The van der Waals surface area contributed by atoms with E-state index in [0.717, 1.165) is 15.1 Å². The highest BCUT2D eigenvalue weighted by Crippen LogP contribution is 2.20. The second-order valence-corrected chi connectivity index (χ2v) is 6.58. The maximum atomic E-state index is 11.9. The second kappa shape index (κ2) is 8.20. The Bertz CT molecular complexity index is 575. The third-order valence-electron chi connectivity index (χ3n) is 2.81. The Morgan fingerprint density at radius 2 is 2.05 bits per heavy atom. The first-order valence-electron chi connectivity index (χ1n) is 6.60. The van der Waals surface area contributed by atoms with Gasteiger partial charge in [0.1, 0.15) is 6.61 Å². The average Bonchev–Trinajstić information content (AvgIpc) is 2.52.